The van der Waals surface area contributed by atoms with Gasteiger partial charge in [0.05, 0.1) is 11.5 Å². The summed E-state index contributed by atoms with van der Waals surface area (Å²) in [5.41, 5.74) is 0.606. The van der Waals surface area contributed by atoms with Crippen LogP contribution < -0.4 is 9.16 Å². The first-order chi connectivity index (χ1) is 8.47. The highest BCUT2D eigenvalue weighted by molar-refractivity contribution is 5.92. The molecule has 0 atom stereocenters. The molecule has 0 aliphatic rings. The third kappa shape index (κ3) is 1.62. The first kappa shape index (κ1) is 12.1. The molecule has 0 fully saturated rings. The second-order valence-corrected chi connectivity index (χ2v) is 3.95. The molecular formula is C12H13N2O4+. The van der Waals surface area contributed by atoms with E-state index in [-0.39, 0.29) is 22.4 Å². The molecule has 0 radical (unpaired) electrons. The summed E-state index contributed by atoms with van der Waals surface area (Å²) < 4.78 is 6.38. The summed E-state index contributed by atoms with van der Waals surface area (Å²) in [4.78, 5) is 23.5. The van der Waals surface area contributed by atoms with E-state index in [1.807, 2.05) is 0 Å². The molecule has 0 saturated carbocycles. The molecule has 0 aliphatic heterocycles. The molecule has 94 valence electrons. The molecule has 0 amide bonds. The second kappa shape index (κ2) is 4.14. The zero-order valence-electron chi connectivity index (χ0n) is 10.3. The minimum atomic E-state index is -0.400. The van der Waals surface area contributed by atoms with Crippen molar-refractivity contribution >= 4 is 16.8 Å². The predicted octanol–water partition coefficient (Wildman–Crippen LogP) is 1.31. The van der Waals surface area contributed by atoms with E-state index >= 15 is 0 Å². The van der Waals surface area contributed by atoms with Gasteiger partial charge in [0.15, 0.2) is 5.52 Å². The number of Topliss-reactive ketones (excluding diaryl/α,β-unsaturated/α-hetero) is 1. The Morgan fingerprint density at radius 1 is 1.44 bits per heavy atom. The monoisotopic (exact) mass is 249 g/mol. The van der Waals surface area contributed by atoms with Crippen molar-refractivity contribution in [3.63, 3.8) is 0 Å². The maximum absolute atomic E-state index is 12.1. The molecule has 1 N–H and O–H groups in total. The van der Waals surface area contributed by atoms with Crippen LogP contribution in [-0.4, -0.2) is 22.8 Å². The number of rotatable bonds is 2. The highest BCUT2D eigenvalue weighted by Gasteiger charge is 2.26. The number of nitrogens with zero attached hydrogens (tertiary/aromatic N) is 2. The molecule has 0 saturated heterocycles. The van der Waals surface area contributed by atoms with Crippen LogP contribution in [0.15, 0.2) is 18.2 Å². The molecular weight excluding hydrogens is 236 g/mol. The SMILES string of the molecule is COc1ccc2c(c1)n(O)c(C)c(C(C)=O)[n+]2=O. The van der Waals surface area contributed by atoms with Crippen LogP contribution in [0.3, 0.4) is 0 Å². The Balaban J connectivity index is 2.97. The third-order valence-corrected chi connectivity index (χ3v) is 2.83. The van der Waals surface area contributed by atoms with E-state index in [0.717, 1.165) is 4.73 Å². The van der Waals surface area contributed by atoms with Crippen molar-refractivity contribution in [2.24, 2.45) is 0 Å². The number of hydrogen-bond donors (Lipinski definition) is 1. The quantitative estimate of drug-likeness (QED) is 0.494. The number of benzene rings is 1. The van der Waals surface area contributed by atoms with Crippen molar-refractivity contribution in [2.75, 3.05) is 7.11 Å². The number of carbonyl (C=O) groups is 1. The van der Waals surface area contributed by atoms with E-state index in [9.17, 15) is 14.9 Å². The maximum Gasteiger partial charge on any atom is 0.328 e. The standard InChI is InChI=1S/C12H13N2O4/c1-7-12(8(2)15)14(17)10-5-4-9(18-3)6-11(10)13(7)16/h4-6,16H,1-3H3/q+1. The lowest BCUT2D eigenvalue weighted by Crippen LogP contribution is -2.29. The molecule has 1 aromatic carbocycles. The molecule has 2 rings (SSSR count). The molecule has 6 heteroatoms. The van der Waals surface area contributed by atoms with Gasteiger partial charge in [-0.2, -0.15) is 4.73 Å². The second-order valence-electron chi connectivity index (χ2n) is 3.95. The van der Waals surface area contributed by atoms with Gasteiger partial charge in [0, 0.05) is 24.0 Å². The Labute approximate surface area is 103 Å². The Morgan fingerprint density at radius 2 is 2.11 bits per heavy atom. The zero-order chi connectivity index (χ0) is 13.4. The normalized spacial score (nSPS) is 10.6. The van der Waals surface area contributed by atoms with Gasteiger partial charge < -0.3 is 9.94 Å². The van der Waals surface area contributed by atoms with Crippen molar-refractivity contribution in [1.82, 2.24) is 4.73 Å². The van der Waals surface area contributed by atoms with Gasteiger partial charge >= 0.3 is 5.69 Å². The zero-order valence-corrected chi connectivity index (χ0v) is 10.3. The largest absolute Gasteiger partial charge is 0.497 e. The van der Waals surface area contributed by atoms with Gasteiger partial charge in [-0.3, -0.25) is 4.79 Å². The van der Waals surface area contributed by atoms with Gasteiger partial charge in [-0.1, -0.05) is 0 Å². The summed E-state index contributed by atoms with van der Waals surface area (Å²) in [5, 5.41) is 9.99. The summed E-state index contributed by atoms with van der Waals surface area (Å²) in [6, 6.07) is 4.62. The van der Waals surface area contributed by atoms with Gasteiger partial charge in [-0.25, -0.2) is 0 Å². The third-order valence-electron chi connectivity index (χ3n) is 2.83. The lowest BCUT2D eigenvalue weighted by atomic mass is 10.2. The number of ether oxygens (including phenoxy) is 1. The summed E-state index contributed by atoms with van der Waals surface area (Å²) in [7, 11) is 1.49. The van der Waals surface area contributed by atoms with Gasteiger partial charge in [0.25, 0.3) is 5.52 Å². The summed E-state index contributed by atoms with van der Waals surface area (Å²) >= 11 is 0. The van der Waals surface area contributed by atoms with E-state index in [2.05, 4.69) is 0 Å². The molecule has 2 aromatic rings. The van der Waals surface area contributed by atoms with Crippen LogP contribution in [0.25, 0.3) is 11.0 Å². The first-order valence-electron chi connectivity index (χ1n) is 5.33. The Kier molecular flexibility index (Phi) is 2.78. The van der Waals surface area contributed by atoms with Crippen molar-refractivity contribution < 1.29 is 19.2 Å². The highest BCUT2D eigenvalue weighted by atomic mass is 16.5. The fourth-order valence-corrected chi connectivity index (χ4v) is 1.92. The number of ketones is 1. The predicted molar refractivity (Wildman–Crippen MR) is 63.8 cm³/mol. The van der Waals surface area contributed by atoms with Crippen LogP contribution in [0.5, 0.6) is 5.75 Å². The molecule has 0 unspecified atom stereocenters. The molecule has 6 nitrogen and oxygen atoms in total. The summed E-state index contributed by atoms with van der Waals surface area (Å²) in [6.07, 6.45) is 0. The Hall–Kier alpha value is -2.37. The fourth-order valence-electron chi connectivity index (χ4n) is 1.92. The topological polar surface area (TPSA) is 74.4 Å². The van der Waals surface area contributed by atoms with Crippen LogP contribution in [0.4, 0.5) is 0 Å². The molecule has 0 spiro atoms. The summed E-state index contributed by atoms with van der Waals surface area (Å²) in [5.74, 6) is 0.114. The van der Waals surface area contributed by atoms with Gasteiger partial charge in [0.1, 0.15) is 11.4 Å². The molecule has 0 aliphatic carbocycles. The number of aromatic nitrogens is 2. The van der Waals surface area contributed by atoms with Gasteiger partial charge in [-0.05, 0) is 13.0 Å². The maximum atomic E-state index is 12.1. The van der Waals surface area contributed by atoms with E-state index in [1.54, 1.807) is 6.07 Å². The molecule has 1 aromatic heterocycles. The lowest BCUT2D eigenvalue weighted by Gasteiger charge is -2.06. The average molecular weight is 249 g/mol. The van der Waals surface area contributed by atoms with Crippen LogP contribution in [-0.2, 0) is 0 Å². The number of fused-ring (bicyclic) bond motifs is 1. The Bertz CT molecular complexity index is 703. The lowest BCUT2D eigenvalue weighted by molar-refractivity contribution is -0.468. The van der Waals surface area contributed by atoms with E-state index in [1.165, 1.54) is 33.1 Å². The highest BCUT2D eigenvalue weighted by Crippen LogP contribution is 2.19. The first-order valence-corrected chi connectivity index (χ1v) is 5.33. The smallest absolute Gasteiger partial charge is 0.328 e. The van der Waals surface area contributed by atoms with E-state index < -0.39 is 5.78 Å². The van der Waals surface area contributed by atoms with Crippen LogP contribution in [0.2, 0.25) is 0 Å². The van der Waals surface area contributed by atoms with E-state index in [0.29, 0.717) is 10.2 Å². The van der Waals surface area contributed by atoms with Crippen LogP contribution in [0, 0.1) is 11.8 Å². The number of methoxy groups -OCH3 is 1. The van der Waals surface area contributed by atoms with Gasteiger partial charge in [-0.15, -0.1) is 0 Å². The fraction of sp³-hybridized carbons (Fsp3) is 0.250. The van der Waals surface area contributed by atoms with Crippen molar-refractivity contribution in [3.05, 3.63) is 34.5 Å². The van der Waals surface area contributed by atoms with Crippen molar-refractivity contribution in [2.45, 2.75) is 13.8 Å². The number of carbonyl (C=O) groups excluding carboxylic acids is 1. The minimum absolute atomic E-state index is 0.0739. The van der Waals surface area contributed by atoms with Crippen LogP contribution >= 0.6 is 0 Å². The number of hydrogen-bond acceptors (Lipinski definition) is 4. The summed E-state index contributed by atoms with van der Waals surface area (Å²) in [6.45, 7) is 2.79. The van der Waals surface area contributed by atoms with E-state index in [4.69, 9.17) is 4.74 Å². The van der Waals surface area contributed by atoms with Crippen molar-refractivity contribution in [3.8, 4) is 5.75 Å². The molecule has 0 bridgehead atoms. The van der Waals surface area contributed by atoms with Crippen molar-refractivity contribution in [1.29, 1.82) is 0 Å². The molecule has 1 heterocycles. The minimum Gasteiger partial charge on any atom is -0.497 e. The van der Waals surface area contributed by atoms with Gasteiger partial charge in [0.2, 0.25) is 5.78 Å². The Morgan fingerprint density at radius 3 is 2.67 bits per heavy atom. The molecule has 18 heavy (non-hydrogen) atoms. The van der Waals surface area contributed by atoms with Crippen LogP contribution in [0.1, 0.15) is 23.1 Å². The average Bonchev–Trinajstić information content (AvgIpc) is 2.35.